The van der Waals surface area contributed by atoms with Gasteiger partial charge in [-0.05, 0) is 45.2 Å². The van der Waals surface area contributed by atoms with Crippen molar-refractivity contribution in [1.82, 2.24) is 20.3 Å². The first-order valence-electron chi connectivity index (χ1n) is 9.21. The number of allylic oxidation sites excluding steroid dienone is 2. The molecule has 2 rings (SSSR count). The van der Waals surface area contributed by atoms with Crippen LogP contribution in [-0.4, -0.2) is 26.7 Å². The number of carbonyl (C=O) groups excluding carboxylic acids is 2. The van der Waals surface area contributed by atoms with Gasteiger partial charge >= 0.3 is 0 Å². The third-order valence-electron chi connectivity index (χ3n) is 4.99. The summed E-state index contributed by atoms with van der Waals surface area (Å²) < 4.78 is 1.59. The number of ketones is 1. The summed E-state index contributed by atoms with van der Waals surface area (Å²) in [6, 6.07) is 8.68. The van der Waals surface area contributed by atoms with E-state index in [4.69, 9.17) is 0 Å². The molecule has 1 aromatic heterocycles. The minimum Gasteiger partial charge on any atom is -0.341 e. The molecule has 0 fully saturated rings. The average molecular weight is 368 g/mol. The zero-order valence-electron chi connectivity index (χ0n) is 16.6. The van der Waals surface area contributed by atoms with Crippen LogP contribution in [0.3, 0.4) is 0 Å². The molecule has 0 saturated carbocycles. The van der Waals surface area contributed by atoms with E-state index >= 15 is 0 Å². The van der Waals surface area contributed by atoms with E-state index in [1.807, 2.05) is 58.0 Å². The van der Waals surface area contributed by atoms with Crippen molar-refractivity contribution in [3.63, 3.8) is 0 Å². The molecule has 1 amide bonds. The summed E-state index contributed by atoms with van der Waals surface area (Å²) in [4.78, 5) is 24.7. The van der Waals surface area contributed by atoms with Gasteiger partial charge in [-0.25, -0.2) is 4.68 Å². The van der Waals surface area contributed by atoms with E-state index in [-0.39, 0.29) is 17.6 Å². The number of carbonyl (C=O) groups is 2. The molecule has 0 bridgehead atoms. The minimum atomic E-state index is -0.715. The molecule has 2 atom stereocenters. The maximum atomic E-state index is 12.7. The molecule has 2 aromatic rings. The maximum Gasteiger partial charge on any atom is 0.252 e. The Kier molecular flexibility index (Phi) is 6.66. The molecule has 0 unspecified atom stereocenters. The molecule has 0 saturated heterocycles. The SMILES string of the molecule is C/C=C/C[C@H](C(C)=O)n1cc([C@@](C)(NC(=O)c2ccccc2)C(C)C)nn1. The number of aromatic nitrogens is 3. The van der Waals surface area contributed by atoms with Crippen molar-refractivity contribution >= 4 is 11.7 Å². The topological polar surface area (TPSA) is 76.9 Å². The van der Waals surface area contributed by atoms with Crippen molar-refractivity contribution in [3.05, 3.63) is 59.9 Å². The van der Waals surface area contributed by atoms with Crippen LogP contribution < -0.4 is 5.32 Å². The monoisotopic (exact) mass is 368 g/mol. The quantitative estimate of drug-likeness (QED) is 0.721. The Morgan fingerprint density at radius 3 is 2.48 bits per heavy atom. The number of hydrogen-bond acceptors (Lipinski definition) is 4. The lowest BCUT2D eigenvalue weighted by Gasteiger charge is -2.33. The van der Waals surface area contributed by atoms with E-state index in [1.165, 1.54) is 0 Å². The number of amides is 1. The molecule has 0 aliphatic heterocycles. The van der Waals surface area contributed by atoms with Gasteiger partial charge in [-0.3, -0.25) is 9.59 Å². The van der Waals surface area contributed by atoms with Gasteiger partial charge in [0.1, 0.15) is 11.7 Å². The fourth-order valence-corrected chi connectivity index (χ4v) is 2.79. The lowest BCUT2D eigenvalue weighted by Crippen LogP contribution is -2.47. The summed E-state index contributed by atoms with van der Waals surface area (Å²) in [5.74, 6) is -0.0795. The van der Waals surface area contributed by atoms with Crippen molar-refractivity contribution in [2.45, 2.75) is 52.6 Å². The van der Waals surface area contributed by atoms with Crippen molar-refractivity contribution in [2.75, 3.05) is 0 Å². The summed E-state index contributed by atoms with van der Waals surface area (Å²) in [6.07, 6.45) is 6.17. The van der Waals surface area contributed by atoms with Crippen molar-refractivity contribution in [3.8, 4) is 0 Å². The van der Waals surface area contributed by atoms with Crippen molar-refractivity contribution < 1.29 is 9.59 Å². The van der Waals surface area contributed by atoms with Gasteiger partial charge in [0, 0.05) is 5.56 Å². The van der Waals surface area contributed by atoms with E-state index in [9.17, 15) is 9.59 Å². The highest BCUT2D eigenvalue weighted by Gasteiger charge is 2.36. The van der Waals surface area contributed by atoms with Gasteiger partial charge in [0.15, 0.2) is 5.78 Å². The van der Waals surface area contributed by atoms with Crippen molar-refractivity contribution in [2.24, 2.45) is 5.92 Å². The zero-order chi connectivity index (χ0) is 20.0. The molecular weight excluding hydrogens is 340 g/mol. The number of rotatable bonds is 8. The largest absolute Gasteiger partial charge is 0.341 e. The highest BCUT2D eigenvalue weighted by molar-refractivity contribution is 5.94. The second kappa shape index (κ2) is 8.75. The van der Waals surface area contributed by atoms with Gasteiger partial charge in [-0.15, -0.1) is 5.10 Å². The first-order chi connectivity index (χ1) is 12.8. The lowest BCUT2D eigenvalue weighted by molar-refractivity contribution is -0.120. The molecule has 0 aliphatic rings. The standard InChI is InChI=1S/C21H28N4O2/c1-6-7-13-18(16(4)26)25-14-19(23-24-25)21(5,15(2)3)22-20(27)17-11-9-8-10-12-17/h6-12,14-15,18H,13H2,1-5H3,(H,22,27)/b7-6+/t18-,21+/m1/s1. The number of Topliss-reactive ketones (excluding diaryl/α,β-unsaturated/α-hetero) is 1. The van der Waals surface area contributed by atoms with Gasteiger partial charge in [-0.2, -0.15) is 0 Å². The number of hydrogen-bond donors (Lipinski definition) is 1. The van der Waals surface area contributed by atoms with Crippen LogP contribution in [0.2, 0.25) is 0 Å². The molecule has 0 aliphatic carbocycles. The van der Waals surface area contributed by atoms with Gasteiger partial charge in [0.25, 0.3) is 5.91 Å². The molecule has 6 heteroatoms. The molecule has 1 N–H and O–H groups in total. The Bertz CT molecular complexity index is 811. The Morgan fingerprint density at radius 1 is 1.26 bits per heavy atom. The van der Waals surface area contributed by atoms with Crippen LogP contribution in [0.1, 0.15) is 63.1 Å². The van der Waals surface area contributed by atoms with Crippen LogP contribution in [-0.2, 0) is 10.3 Å². The number of nitrogens with zero attached hydrogens (tertiary/aromatic N) is 3. The second-order valence-electron chi connectivity index (χ2n) is 7.19. The van der Waals surface area contributed by atoms with Gasteiger partial charge in [0.2, 0.25) is 0 Å². The maximum absolute atomic E-state index is 12.7. The van der Waals surface area contributed by atoms with Crippen LogP contribution in [0, 0.1) is 5.92 Å². The Hall–Kier alpha value is -2.76. The number of nitrogens with one attached hydrogen (secondary N) is 1. The Balaban J connectivity index is 2.32. The molecule has 0 spiro atoms. The molecular formula is C21H28N4O2. The predicted octanol–water partition coefficient (Wildman–Crippen LogP) is 3.68. The third-order valence-corrected chi connectivity index (χ3v) is 4.99. The van der Waals surface area contributed by atoms with E-state index in [0.29, 0.717) is 17.7 Å². The Labute approximate surface area is 160 Å². The fourth-order valence-electron chi connectivity index (χ4n) is 2.79. The molecule has 6 nitrogen and oxygen atoms in total. The smallest absolute Gasteiger partial charge is 0.252 e. The van der Waals surface area contributed by atoms with Crippen LogP contribution in [0.5, 0.6) is 0 Å². The molecule has 0 radical (unpaired) electrons. The van der Waals surface area contributed by atoms with Gasteiger partial charge in [-0.1, -0.05) is 49.4 Å². The number of benzene rings is 1. The fraction of sp³-hybridized carbons (Fsp3) is 0.429. The zero-order valence-corrected chi connectivity index (χ0v) is 16.6. The summed E-state index contributed by atoms with van der Waals surface area (Å²) in [6.45, 7) is 9.44. The summed E-state index contributed by atoms with van der Waals surface area (Å²) in [7, 11) is 0. The average Bonchev–Trinajstić information content (AvgIpc) is 3.12. The summed E-state index contributed by atoms with van der Waals surface area (Å²) in [5.41, 5.74) is 0.507. The molecule has 1 heterocycles. The summed E-state index contributed by atoms with van der Waals surface area (Å²) in [5, 5.41) is 11.6. The molecule has 1 aromatic carbocycles. The summed E-state index contributed by atoms with van der Waals surface area (Å²) >= 11 is 0. The van der Waals surface area contributed by atoms with E-state index < -0.39 is 11.6 Å². The second-order valence-corrected chi connectivity index (χ2v) is 7.19. The normalized spacial score (nSPS) is 14.9. The van der Waals surface area contributed by atoms with Crippen LogP contribution in [0.15, 0.2) is 48.7 Å². The first kappa shape index (κ1) is 20.6. The van der Waals surface area contributed by atoms with E-state index in [2.05, 4.69) is 15.6 Å². The first-order valence-corrected chi connectivity index (χ1v) is 9.21. The van der Waals surface area contributed by atoms with E-state index in [1.54, 1.807) is 29.9 Å². The molecule has 144 valence electrons. The highest BCUT2D eigenvalue weighted by Crippen LogP contribution is 2.29. The predicted molar refractivity (Wildman–Crippen MR) is 105 cm³/mol. The lowest BCUT2D eigenvalue weighted by atomic mass is 9.85. The van der Waals surface area contributed by atoms with Crippen molar-refractivity contribution in [1.29, 1.82) is 0 Å². The van der Waals surface area contributed by atoms with Gasteiger partial charge < -0.3 is 5.32 Å². The molecule has 27 heavy (non-hydrogen) atoms. The minimum absolute atomic E-state index is 0.0177. The van der Waals surface area contributed by atoms with Crippen LogP contribution in [0.25, 0.3) is 0 Å². The Morgan fingerprint density at radius 2 is 1.93 bits per heavy atom. The van der Waals surface area contributed by atoms with Crippen LogP contribution in [0.4, 0.5) is 0 Å². The van der Waals surface area contributed by atoms with Gasteiger partial charge in [0.05, 0.1) is 11.7 Å². The highest BCUT2D eigenvalue weighted by atomic mass is 16.2. The van der Waals surface area contributed by atoms with E-state index in [0.717, 1.165) is 0 Å². The van der Waals surface area contributed by atoms with Crippen LogP contribution >= 0.6 is 0 Å². The third kappa shape index (κ3) is 4.70.